The number of nitrogens with one attached hydrogen (secondary N) is 1. The molecule has 0 aromatic heterocycles. The molecule has 1 saturated carbocycles. The lowest BCUT2D eigenvalue weighted by molar-refractivity contribution is -0.165. The van der Waals surface area contributed by atoms with Crippen LogP contribution in [0, 0.1) is 0 Å². The molecule has 6 nitrogen and oxygen atoms in total. The summed E-state index contributed by atoms with van der Waals surface area (Å²) in [5, 5.41) is 12.0. The van der Waals surface area contributed by atoms with E-state index in [1.165, 1.54) is 0 Å². The van der Waals surface area contributed by atoms with Crippen LogP contribution in [0.3, 0.4) is 0 Å². The van der Waals surface area contributed by atoms with Crippen molar-refractivity contribution in [1.82, 2.24) is 5.32 Å². The summed E-state index contributed by atoms with van der Waals surface area (Å²) < 4.78 is 10.9. The van der Waals surface area contributed by atoms with Crippen LogP contribution in [-0.4, -0.2) is 34.4 Å². The number of hydrogen-bond acceptors (Lipinski definition) is 4. The number of carboxylic acid groups (broad SMARTS) is 1. The van der Waals surface area contributed by atoms with Gasteiger partial charge in [0.1, 0.15) is 5.60 Å². The van der Waals surface area contributed by atoms with Crippen LogP contribution in [0.2, 0.25) is 0 Å². The molecule has 2 atom stereocenters. The van der Waals surface area contributed by atoms with E-state index in [0.717, 1.165) is 5.56 Å². The van der Waals surface area contributed by atoms with Gasteiger partial charge in [-0.3, -0.25) is 0 Å². The topological polar surface area (TPSA) is 84.9 Å². The van der Waals surface area contributed by atoms with Gasteiger partial charge >= 0.3 is 12.1 Å². The number of alkyl carbamates (subject to hydrolysis) is 1. The van der Waals surface area contributed by atoms with E-state index in [0.29, 0.717) is 19.4 Å². The van der Waals surface area contributed by atoms with Crippen LogP contribution in [0.5, 0.6) is 0 Å². The van der Waals surface area contributed by atoms with E-state index in [1.807, 2.05) is 30.3 Å². The average Bonchev–Trinajstić information content (AvgIpc) is 2.42. The van der Waals surface area contributed by atoms with Crippen molar-refractivity contribution in [3.05, 3.63) is 35.9 Å². The molecule has 23 heavy (non-hydrogen) atoms. The molecule has 0 bridgehead atoms. The fourth-order valence-corrected chi connectivity index (χ4v) is 2.47. The van der Waals surface area contributed by atoms with E-state index in [4.69, 9.17) is 9.47 Å². The van der Waals surface area contributed by atoms with Crippen molar-refractivity contribution in [3.63, 3.8) is 0 Å². The molecule has 0 radical (unpaired) electrons. The molecular formula is C17H23NO5. The van der Waals surface area contributed by atoms with Gasteiger partial charge in [-0.2, -0.15) is 0 Å². The molecule has 126 valence electrons. The van der Waals surface area contributed by atoms with Gasteiger partial charge in [-0.05, 0) is 39.2 Å². The predicted octanol–water partition coefficient (Wildman–Crippen LogP) is 2.71. The van der Waals surface area contributed by atoms with Gasteiger partial charge in [-0.25, -0.2) is 9.59 Å². The Morgan fingerprint density at radius 3 is 2.43 bits per heavy atom. The van der Waals surface area contributed by atoms with Crippen LogP contribution < -0.4 is 5.32 Å². The van der Waals surface area contributed by atoms with Crippen LogP contribution in [0.1, 0.15) is 39.2 Å². The first kappa shape index (κ1) is 17.3. The maximum Gasteiger partial charge on any atom is 0.408 e. The molecule has 1 fully saturated rings. The summed E-state index contributed by atoms with van der Waals surface area (Å²) in [4.78, 5) is 23.6. The van der Waals surface area contributed by atoms with E-state index in [9.17, 15) is 14.7 Å². The second kappa shape index (κ2) is 6.58. The first-order chi connectivity index (χ1) is 10.7. The highest BCUT2D eigenvalue weighted by molar-refractivity contribution is 5.86. The number of ether oxygens (including phenoxy) is 2. The van der Waals surface area contributed by atoms with E-state index < -0.39 is 29.3 Å². The van der Waals surface area contributed by atoms with Crippen LogP contribution in [-0.2, 0) is 20.9 Å². The second-order valence-corrected chi connectivity index (χ2v) is 6.73. The Labute approximate surface area is 135 Å². The van der Waals surface area contributed by atoms with Gasteiger partial charge in [0, 0.05) is 0 Å². The fraction of sp³-hybridized carbons (Fsp3) is 0.529. The lowest BCUT2D eigenvalue weighted by Crippen LogP contribution is -2.69. The van der Waals surface area contributed by atoms with E-state index >= 15 is 0 Å². The minimum absolute atomic E-state index is 0.302. The Morgan fingerprint density at radius 1 is 1.30 bits per heavy atom. The second-order valence-electron chi connectivity index (χ2n) is 6.73. The fourth-order valence-electron chi connectivity index (χ4n) is 2.47. The summed E-state index contributed by atoms with van der Waals surface area (Å²) in [7, 11) is 0. The molecular weight excluding hydrogens is 298 g/mol. The standard InChI is InChI=1S/C17H23NO5/c1-16(2,3)23-15(21)18-17(14(19)20)10-9-13(17)22-11-12-7-5-4-6-8-12/h4-8,13H,9-11H2,1-3H3,(H,18,21)(H,19,20)/t13?,17-/m0/s1. The molecule has 0 saturated heterocycles. The van der Waals surface area contributed by atoms with Gasteiger partial charge in [0.25, 0.3) is 0 Å². The zero-order valence-corrected chi connectivity index (χ0v) is 13.7. The van der Waals surface area contributed by atoms with Crippen LogP contribution >= 0.6 is 0 Å². The molecule has 1 aromatic rings. The van der Waals surface area contributed by atoms with Gasteiger partial charge < -0.3 is 19.9 Å². The van der Waals surface area contributed by atoms with E-state index in [-0.39, 0.29) is 0 Å². The largest absolute Gasteiger partial charge is 0.479 e. The van der Waals surface area contributed by atoms with Crippen molar-refractivity contribution in [2.75, 3.05) is 0 Å². The highest BCUT2D eigenvalue weighted by Gasteiger charge is 2.56. The molecule has 0 spiro atoms. The molecule has 0 heterocycles. The lowest BCUT2D eigenvalue weighted by atomic mass is 9.73. The Kier molecular flexibility index (Phi) is 4.94. The van der Waals surface area contributed by atoms with Crippen molar-refractivity contribution >= 4 is 12.1 Å². The third-order valence-electron chi connectivity index (χ3n) is 3.75. The Balaban J connectivity index is 2.00. The molecule has 1 amide bonds. The average molecular weight is 321 g/mol. The summed E-state index contributed by atoms with van der Waals surface area (Å²) in [5.41, 5.74) is -1.15. The van der Waals surface area contributed by atoms with Gasteiger partial charge in [-0.15, -0.1) is 0 Å². The molecule has 0 aliphatic heterocycles. The molecule has 2 rings (SSSR count). The Morgan fingerprint density at radius 2 is 1.96 bits per heavy atom. The van der Waals surface area contributed by atoms with Crippen LogP contribution in [0.4, 0.5) is 4.79 Å². The zero-order valence-electron chi connectivity index (χ0n) is 13.7. The van der Waals surface area contributed by atoms with E-state index in [1.54, 1.807) is 20.8 Å². The van der Waals surface area contributed by atoms with Crippen molar-refractivity contribution in [3.8, 4) is 0 Å². The van der Waals surface area contributed by atoms with Gasteiger partial charge in [-0.1, -0.05) is 30.3 Å². The summed E-state index contributed by atoms with van der Waals surface area (Å²) in [6, 6.07) is 9.50. The van der Waals surface area contributed by atoms with Gasteiger partial charge in [0.05, 0.1) is 12.7 Å². The summed E-state index contributed by atoms with van der Waals surface area (Å²) in [6.07, 6.45) is -0.420. The van der Waals surface area contributed by atoms with E-state index in [2.05, 4.69) is 5.32 Å². The van der Waals surface area contributed by atoms with Crippen molar-refractivity contribution < 1.29 is 24.2 Å². The number of aliphatic carboxylic acids is 1. The summed E-state index contributed by atoms with van der Waals surface area (Å²) in [5.74, 6) is -1.10. The van der Waals surface area contributed by atoms with Gasteiger partial charge in [0.2, 0.25) is 0 Å². The number of carboxylic acids is 1. The third kappa shape index (κ3) is 4.22. The lowest BCUT2D eigenvalue weighted by Gasteiger charge is -2.45. The number of benzene rings is 1. The minimum Gasteiger partial charge on any atom is -0.479 e. The van der Waals surface area contributed by atoms with Gasteiger partial charge in [0.15, 0.2) is 5.54 Å². The molecule has 1 aromatic carbocycles. The molecule has 1 aliphatic rings. The number of carbonyl (C=O) groups is 2. The molecule has 1 aliphatic carbocycles. The summed E-state index contributed by atoms with van der Waals surface area (Å²) >= 11 is 0. The highest BCUT2D eigenvalue weighted by Crippen LogP contribution is 2.36. The smallest absolute Gasteiger partial charge is 0.408 e. The number of rotatable bonds is 5. The first-order valence-corrected chi connectivity index (χ1v) is 7.63. The first-order valence-electron chi connectivity index (χ1n) is 7.63. The maximum absolute atomic E-state index is 11.9. The number of carbonyl (C=O) groups excluding carboxylic acids is 1. The van der Waals surface area contributed by atoms with Crippen molar-refractivity contribution in [2.24, 2.45) is 0 Å². The monoisotopic (exact) mass is 321 g/mol. The van der Waals surface area contributed by atoms with Crippen molar-refractivity contribution in [1.29, 1.82) is 0 Å². The van der Waals surface area contributed by atoms with Crippen LogP contribution in [0.15, 0.2) is 30.3 Å². The Bertz CT molecular complexity index is 566. The zero-order chi connectivity index (χ0) is 17.1. The SMILES string of the molecule is CC(C)(C)OC(=O)N[C@@]1(C(=O)O)CCC1OCc1ccccc1. The van der Waals surface area contributed by atoms with Crippen molar-refractivity contribution in [2.45, 2.75) is 57.5 Å². The highest BCUT2D eigenvalue weighted by atomic mass is 16.6. The summed E-state index contributed by atoms with van der Waals surface area (Å²) in [6.45, 7) is 5.48. The molecule has 2 N–H and O–H groups in total. The Hall–Kier alpha value is -2.08. The quantitative estimate of drug-likeness (QED) is 0.871. The predicted molar refractivity (Wildman–Crippen MR) is 84.0 cm³/mol. The number of hydrogen-bond donors (Lipinski definition) is 2. The third-order valence-corrected chi connectivity index (χ3v) is 3.75. The molecule has 6 heteroatoms. The van der Waals surface area contributed by atoms with Crippen LogP contribution in [0.25, 0.3) is 0 Å². The number of amides is 1. The molecule has 1 unspecified atom stereocenters. The normalized spacial score (nSPS) is 23.7. The minimum atomic E-state index is -1.42. The maximum atomic E-state index is 11.9.